The Morgan fingerprint density at radius 1 is 1.25 bits per heavy atom. The summed E-state index contributed by atoms with van der Waals surface area (Å²) in [5.74, 6) is 4.60. The Kier molecular flexibility index (Phi) is 7.63. The number of hydrogen-bond donors (Lipinski definition) is 4. The lowest BCUT2D eigenvalue weighted by Crippen LogP contribution is -2.46. The summed E-state index contributed by atoms with van der Waals surface area (Å²) in [6.07, 6.45) is 2.97. The van der Waals surface area contributed by atoms with E-state index in [9.17, 15) is 14.9 Å². The number of amides is 2. The minimum atomic E-state index is -1.25. The number of ether oxygens (including phenoxy) is 1. The first-order chi connectivity index (χ1) is 21.1. The molecule has 3 aromatic rings. The number of anilines is 2. The molecule has 2 aliphatic heterocycles. The SMILES string of the molecule is C[C@@]1(Cc2ccc(C#N)cc2)C(=O)N(c2cc(Cl)cc(Cl)c2)c2ncc(C(=O)NC3(C4OC4NCCC(=N)N=NN)CC3)n21. The van der Waals surface area contributed by atoms with E-state index in [-0.39, 0.29) is 48.0 Å². The van der Waals surface area contributed by atoms with Gasteiger partial charge in [0.1, 0.15) is 29.4 Å². The Labute approximate surface area is 262 Å². The van der Waals surface area contributed by atoms with Gasteiger partial charge in [-0.1, -0.05) is 40.6 Å². The zero-order chi connectivity index (χ0) is 31.2. The van der Waals surface area contributed by atoms with E-state index in [1.807, 2.05) is 0 Å². The minimum Gasteiger partial charge on any atom is -0.351 e. The largest absolute Gasteiger partial charge is 0.351 e. The number of amidine groups is 1. The summed E-state index contributed by atoms with van der Waals surface area (Å²) >= 11 is 12.6. The highest BCUT2D eigenvalue weighted by Gasteiger charge is 2.62. The zero-order valence-corrected chi connectivity index (χ0v) is 25.1. The average Bonchev–Trinajstić information content (AvgIpc) is 3.88. The number of nitrogens with zero attached hydrogens (tertiary/aromatic N) is 6. The monoisotopic (exact) mass is 634 g/mol. The number of nitrogens with one attached hydrogen (secondary N) is 3. The van der Waals surface area contributed by atoms with Gasteiger partial charge in [0.25, 0.3) is 11.8 Å². The number of nitrogens with two attached hydrogens (primary N) is 1. The lowest BCUT2D eigenvalue weighted by atomic mass is 9.91. The summed E-state index contributed by atoms with van der Waals surface area (Å²) in [4.78, 5) is 34.1. The fourth-order valence-electron chi connectivity index (χ4n) is 5.77. The number of carbonyl (C=O) groups is 2. The lowest BCUT2D eigenvalue weighted by molar-refractivity contribution is -0.123. The van der Waals surface area contributed by atoms with Crippen LogP contribution in [-0.2, 0) is 21.5 Å². The second kappa shape index (κ2) is 11.3. The van der Waals surface area contributed by atoms with Crippen LogP contribution in [0.1, 0.15) is 47.8 Å². The minimum absolute atomic E-state index is 0.0499. The number of nitriles is 1. The summed E-state index contributed by atoms with van der Waals surface area (Å²) < 4.78 is 7.50. The standard InChI is InChI=1S/C29H28Cl2N10O3/c1-28(13-16-2-4-17(14-32)5-3-16)26(43)40(20-11-18(30)10-19(31)12-20)27-36-15-21(41(27)28)24(42)37-29(7-8-29)23-25(44-23)35-9-6-22(33)38-39-34/h2-5,10-12,15,23,25,35H,6-9,13H2,1H3,(H,37,42)(H3,33,34,38)/t23?,25?,28-/m1/s1. The van der Waals surface area contributed by atoms with Crippen LogP contribution in [0.15, 0.2) is 59.0 Å². The van der Waals surface area contributed by atoms with Crippen molar-refractivity contribution in [3.05, 3.63) is 75.5 Å². The van der Waals surface area contributed by atoms with E-state index >= 15 is 0 Å². The van der Waals surface area contributed by atoms with Gasteiger partial charge in [0, 0.05) is 29.4 Å². The van der Waals surface area contributed by atoms with Gasteiger partial charge < -0.3 is 15.9 Å². The molecule has 0 radical (unpaired) electrons. The summed E-state index contributed by atoms with van der Waals surface area (Å²) in [5, 5.41) is 30.5. The van der Waals surface area contributed by atoms with Crippen molar-refractivity contribution < 1.29 is 14.3 Å². The van der Waals surface area contributed by atoms with E-state index < -0.39 is 11.1 Å². The number of aromatic nitrogens is 2. The molecule has 226 valence electrons. The molecule has 0 bridgehead atoms. The molecule has 6 rings (SSSR count). The number of carbonyl (C=O) groups excluding carboxylic acids is 2. The fraction of sp³-hybridized carbons (Fsp3) is 0.345. The van der Waals surface area contributed by atoms with Gasteiger partial charge in [-0.05, 0) is 55.7 Å². The number of imidazole rings is 1. The van der Waals surface area contributed by atoms with Crippen LogP contribution >= 0.6 is 23.2 Å². The first-order valence-corrected chi connectivity index (χ1v) is 14.6. The molecule has 1 aliphatic carbocycles. The van der Waals surface area contributed by atoms with Crippen molar-refractivity contribution in [2.24, 2.45) is 16.2 Å². The van der Waals surface area contributed by atoms with Crippen LogP contribution in [0.3, 0.4) is 0 Å². The molecular weight excluding hydrogens is 607 g/mol. The topological polar surface area (TPSA) is 190 Å². The molecule has 5 N–H and O–H groups in total. The van der Waals surface area contributed by atoms with Crippen molar-refractivity contribution in [2.75, 3.05) is 11.4 Å². The Balaban J connectivity index is 1.28. The predicted octanol–water partition coefficient (Wildman–Crippen LogP) is 3.97. The molecule has 15 heteroatoms. The molecule has 3 heterocycles. The Morgan fingerprint density at radius 3 is 2.59 bits per heavy atom. The van der Waals surface area contributed by atoms with Crippen LogP contribution in [0.4, 0.5) is 11.6 Å². The van der Waals surface area contributed by atoms with Crippen molar-refractivity contribution >= 4 is 52.5 Å². The molecule has 13 nitrogen and oxygen atoms in total. The van der Waals surface area contributed by atoms with E-state index in [0.717, 1.165) is 18.4 Å². The maximum atomic E-state index is 14.3. The Morgan fingerprint density at radius 2 is 1.95 bits per heavy atom. The van der Waals surface area contributed by atoms with Crippen molar-refractivity contribution in [2.45, 2.75) is 56.0 Å². The molecule has 2 fully saturated rings. The predicted molar refractivity (Wildman–Crippen MR) is 162 cm³/mol. The highest BCUT2D eigenvalue weighted by Crippen LogP contribution is 2.49. The third-order valence-corrected chi connectivity index (χ3v) is 8.58. The second-order valence-corrected chi connectivity index (χ2v) is 12.1. The molecule has 2 aromatic carbocycles. The van der Waals surface area contributed by atoms with Crippen LogP contribution in [0.5, 0.6) is 0 Å². The molecule has 2 unspecified atom stereocenters. The molecule has 3 atom stereocenters. The number of rotatable bonds is 10. The van der Waals surface area contributed by atoms with Crippen molar-refractivity contribution in [3.8, 4) is 6.07 Å². The molecule has 44 heavy (non-hydrogen) atoms. The Bertz CT molecular complexity index is 1710. The number of epoxide rings is 1. The fourth-order valence-corrected chi connectivity index (χ4v) is 6.28. The van der Waals surface area contributed by atoms with Gasteiger partial charge >= 0.3 is 0 Å². The summed E-state index contributed by atoms with van der Waals surface area (Å²) in [6, 6.07) is 13.9. The van der Waals surface area contributed by atoms with E-state index in [2.05, 4.69) is 32.0 Å². The number of hydrogen-bond acceptors (Lipinski definition) is 8. The Hall–Kier alpha value is -4.35. The second-order valence-electron chi connectivity index (χ2n) is 11.3. The molecule has 0 spiro atoms. The van der Waals surface area contributed by atoms with Gasteiger partial charge in [-0.3, -0.25) is 24.9 Å². The maximum absolute atomic E-state index is 14.3. The maximum Gasteiger partial charge on any atom is 0.270 e. The highest BCUT2D eigenvalue weighted by molar-refractivity contribution is 6.35. The van der Waals surface area contributed by atoms with Gasteiger partial charge in [0.15, 0.2) is 0 Å². The van der Waals surface area contributed by atoms with Crippen LogP contribution in [0.25, 0.3) is 0 Å². The molecule has 2 amide bonds. The van der Waals surface area contributed by atoms with E-state index in [1.165, 1.54) is 11.1 Å². The normalized spacial score (nSPS) is 23.0. The first kappa shape index (κ1) is 29.7. The first-order valence-electron chi connectivity index (χ1n) is 13.9. The summed E-state index contributed by atoms with van der Waals surface area (Å²) in [6.45, 7) is 2.21. The van der Waals surface area contributed by atoms with Crippen molar-refractivity contribution in [3.63, 3.8) is 0 Å². The van der Waals surface area contributed by atoms with Crippen molar-refractivity contribution in [1.29, 1.82) is 10.7 Å². The van der Waals surface area contributed by atoms with E-state index in [0.29, 0.717) is 34.3 Å². The van der Waals surface area contributed by atoms with Gasteiger partial charge in [-0.25, -0.2) is 9.88 Å². The highest BCUT2D eigenvalue weighted by atomic mass is 35.5. The van der Waals surface area contributed by atoms with Gasteiger partial charge in [-0.15, -0.1) is 5.11 Å². The van der Waals surface area contributed by atoms with Crippen LogP contribution in [-0.4, -0.2) is 51.6 Å². The quantitative estimate of drug-likeness (QED) is 0.0647. The number of fused-ring (bicyclic) bond motifs is 1. The van der Waals surface area contributed by atoms with Crippen molar-refractivity contribution in [1.82, 2.24) is 20.2 Å². The third-order valence-electron chi connectivity index (χ3n) is 8.14. The smallest absolute Gasteiger partial charge is 0.270 e. The molecule has 3 aliphatic rings. The van der Waals surface area contributed by atoms with Gasteiger partial charge in [-0.2, -0.15) is 5.26 Å². The molecule has 1 saturated carbocycles. The van der Waals surface area contributed by atoms with Gasteiger partial charge in [0.2, 0.25) is 5.95 Å². The van der Waals surface area contributed by atoms with Crippen LogP contribution in [0, 0.1) is 16.7 Å². The lowest BCUT2D eigenvalue weighted by Gasteiger charge is -2.27. The third kappa shape index (κ3) is 5.41. The van der Waals surface area contributed by atoms with Crippen LogP contribution < -0.4 is 21.4 Å². The molecule has 1 saturated heterocycles. The average molecular weight is 636 g/mol. The van der Waals surface area contributed by atoms with Gasteiger partial charge in [0.05, 0.1) is 29.1 Å². The van der Waals surface area contributed by atoms with E-state index in [4.69, 9.17) is 39.2 Å². The number of halogens is 2. The summed E-state index contributed by atoms with van der Waals surface area (Å²) in [7, 11) is 0. The van der Waals surface area contributed by atoms with E-state index in [1.54, 1.807) is 54.0 Å². The molecular formula is C29H28Cl2N10O3. The zero-order valence-electron chi connectivity index (χ0n) is 23.6. The summed E-state index contributed by atoms with van der Waals surface area (Å²) in [5.41, 5.74) is 0.142. The van der Waals surface area contributed by atoms with Crippen LogP contribution in [0.2, 0.25) is 10.0 Å². The molecule has 1 aromatic heterocycles. The number of benzene rings is 2.